The van der Waals surface area contributed by atoms with E-state index >= 15 is 0 Å². The molecule has 1 atom stereocenters. The number of anilines is 1. The van der Waals surface area contributed by atoms with Crippen molar-refractivity contribution in [2.45, 2.75) is 26.0 Å². The van der Waals surface area contributed by atoms with E-state index in [1.165, 1.54) is 0 Å². The van der Waals surface area contributed by atoms with E-state index in [0.29, 0.717) is 12.1 Å². The fraction of sp³-hybridized carbons (Fsp3) is 0.364. The first-order chi connectivity index (χ1) is 7.17. The lowest BCUT2D eigenvalue weighted by Gasteiger charge is -2.10. The average Bonchev–Trinajstić information content (AvgIpc) is 2.29. The Kier molecular flexibility index (Phi) is 4.27. The molecular formula is C11H16N2O2. The SMILES string of the molecule is CCC(N)C(=O)Nc1ccc(CO)cc1. The second-order valence-electron chi connectivity index (χ2n) is 3.36. The number of amides is 1. The van der Waals surface area contributed by atoms with Crippen LogP contribution >= 0.6 is 0 Å². The maximum atomic E-state index is 11.4. The summed E-state index contributed by atoms with van der Waals surface area (Å²) in [5, 5.41) is 11.5. The van der Waals surface area contributed by atoms with Crippen molar-refractivity contribution in [3.05, 3.63) is 29.8 Å². The van der Waals surface area contributed by atoms with Gasteiger partial charge in [0, 0.05) is 5.69 Å². The molecule has 15 heavy (non-hydrogen) atoms. The molecule has 82 valence electrons. The van der Waals surface area contributed by atoms with E-state index in [1.807, 2.05) is 6.92 Å². The quantitative estimate of drug-likeness (QED) is 0.686. The van der Waals surface area contributed by atoms with Crippen molar-refractivity contribution in [3.63, 3.8) is 0 Å². The van der Waals surface area contributed by atoms with E-state index in [-0.39, 0.29) is 12.5 Å². The van der Waals surface area contributed by atoms with Crippen molar-refractivity contribution in [2.24, 2.45) is 5.73 Å². The van der Waals surface area contributed by atoms with E-state index in [0.717, 1.165) is 5.56 Å². The summed E-state index contributed by atoms with van der Waals surface area (Å²) in [4.78, 5) is 11.4. The molecule has 0 aliphatic rings. The molecule has 0 heterocycles. The van der Waals surface area contributed by atoms with Gasteiger partial charge in [-0.2, -0.15) is 0 Å². The lowest BCUT2D eigenvalue weighted by atomic mass is 10.2. The van der Waals surface area contributed by atoms with Crippen molar-refractivity contribution in [1.82, 2.24) is 0 Å². The molecule has 1 aromatic rings. The van der Waals surface area contributed by atoms with Crippen LogP contribution in [0.15, 0.2) is 24.3 Å². The molecule has 1 unspecified atom stereocenters. The number of hydrogen-bond donors (Lipinski definition) is 3. The predicted octanol–water partition coefficient (Wildman–Crippen LogP) is 0.855. The van der Waals surface area contributed by atoms with Crippen LogP contribution in [0.3, 0.4) is 0 Å². The van der Waals surface area contributed by atoms with Crippen LogP contribution < -0.4 is 11.1 Å². The minimum Gasteiger partial charge on any atom is -0.392 e. The maximum absolute atomic E-state index is 11.4. The zero-order valence-corrected chi connectivity index (χ0v) is 8.73. The van der Waals surface area contributed by atoms with Crippen molar-refractivity contribution in [3.8, 4) is 0 Å². The third-order valence-corrected chi connectivity index (χ3v) is 2.18. The first-order valence-electron chi connectivity index (χ1n) is 4.93. The fourth-order valence-electron chi connectivity index (χ4n) is 1.11. The third kappa shape index (κ3) is 3.34. The monoisotopic (exact) mass is 208 g/mol. The number of carbonyl (C=O) groups excluding carboxylic acids is 1. The van der Waals surface area contributed by atoms with Crippen LogP contribution in [0.4, 0.5) is 5.69 Å². The molecule has 0 aromatic heterocycles. The lowest BCUT2D eigenvalue weighted by molar-refractivity contribution is -0.117. The topological polar surface area (TPSA) is 75.4 Å². The first-order valence-corrected chi connectivity index (χ1v) is 4.93. The summed E-state index contributed by atoms with van der Waals surface area (Å²) < 4.78 is 0. The second-order valence-corrected chi connectivity index (χ2v) is 3.36. The molecule has 0 saturated carbocycles. The average molecular weight is 208 g/mol. The number of carbonyl (C=O) groups is 1. The molecule has 0 aliphatic carbocycles. The number of nitrogens with two attached hydrogens (primary N) is 1. The lowest BCUT2D eigenvalue weighted by Crippen LogP contribution is -2.34. The molecule has 0 bridgehead atoms. The highest BCUT2D eigenvalue weighted by atomic mass is 16.3. The fourth-order valence-corrected chi connectivity index (χ4v) is 1.11. The Morgan fingerprint density at radius 2 is 2.07 bits per heavy atom. The number of aliphatic hydroxyl groups excluding tert-OH is 1. The minimum atomic E-state index is -0.470. The van der Waals surface area contributed by atoms with Crippen molar-refractivity contribution in [1.29, 1.82) is 0 Å². The Balaban J connectivity index is 2.61. The largest absolute Gasteiger partial charge is 0.392 e. The summed E-state index contributed by atoms with van der Waals surface area (Å²) in [5.74, 6) is -0.186. The van der Waals surface area contributed by atoms with E-state index in [9.17, 15) is 4.79 Å². The van der Waals surface area contributed by atoms with E-state index in [4.69, 9.17) is 10.8 Å². The Morgan fingerprint density at radius 3 is 2.53 bits per heavy atom. The zero-order valence-electron chi connectivity index (χ0n) is 8.73. The highest BCUT2D eigenvalue weighted by Gasteiger charge is 2.10. The van der Waals surface area contributed by atoms with Gasteiger partial charge in [0.2, 0.25) is 5.91 Å². The van der Waals surface area contributed by atoms with Gasteiger partial charge in [0.25, 0.3) is 0 Å². The maximum Gasteiger partial charge on any atom is 0.241 e. The van der Waals surface area contributed by atoms with Gasteiger partial charge in [-0.25, -0.2) is 0 Å². The summed E-state index contributed by atoms with van der Waals surface area (Å²) >= 11 is 0. The van der Waals surface area contributed by atoms with Crippen LogP contribution in [0.5, 0.6) is 0 Å². The number of rotatable bonds is 4. The summed E-state index contributed by atoms with van der Waals surface area (Å²) in [5.41, 5.74) is 7.08. The summed E-state index contributed by atoms with van der Waals surface area (Å²) in [6, 6.07) is 6.53. The van der Waals surface area contributed by atoms with Crippen molar-refractivity contribution in [2.75, 3.05) is 5.32 Å². The number of benzene rings is 1. The third-order valence-electron chi connectivity index (χ3n) is 2.18. The van der Waals surface area contributed by atoms with Gasteiger partial charge >= 0.3 is 0 Å². The summed E-state index contributed by atoms with van der Waals surface area (Å²) in [6.07, 6.45) is 0.612. The molecule has 0 radical (unpaired) electrons. The van der Waals surface area contributed by atoms with Gasteiger partial charge in [-0.3, -0.25) is 4.79 Å². The molecule has 1 amide bonds. The molecule has 0 spiro atoms. The summed E-state index contributed by atoms with van der Waals surface area (Å²) in [7, 11) is 0. The number of hydrogen-bond acceptors (Lipinski definition) is 3. The molecule has 4 N–H and O–H groups in total. The predicted molar refractivity (Wildman–Crippen MR) is 59.3 cm³/mol. The molecule has 1 rings (SSSR count). The van der Waals surface area contributed by atoms with E-state index in [2.05, 4.69) is 5.32 Å². The Morgan fingerprint density at radius 1 is 1.47 bits per heavy atom. The standard InChI is InChI=1S/C11H16N2O2/c1-2-10(12)11(15)13-9-5-3-8(7-14)4-6-9/h3-6,10,14H,2,7,12H2,1H3,(H,13,15). The molecule has 4 nitrogen and oxygen atoms in total. The molecule has 0 saturated heterocycles. The van der Waals surface area contributed by atoms with Crippen LogP contribution in [0.25, 0.3) is 0 Å². The molecule has 0 aliphatic heterocycles. The van der Waals surface area contributed by atoms with Crippen LogP contribution in [0.2, 0.25) is 0 Å². The van der Waals surface area contributed by atoms with Gasteiger partial charge < -0.3 is 16.2 Å². The highest BCUT2D eigenvalue weighted by Crippen LogP contribution is 2.09. The zero-order chi connectivity index (χ0) is 11.3. The summed E-state index contributed by atoms with van der Waals surface area (Å²) in [6.45, 7) is 1.86. The first kappa shape index (κ1) is 11.7. The van der Waals surface area contributed by atoms with Crippen molar-refractivity contribution < 1.29 is 9.90 Å². The Hall–Kier alpha value is -1.39. The molecule has 1 aromatic carbocycles. The van der Waals surface area contributed by atoms with Gasteiger partial charge in [0.1, 0.15) is 0 Å². The van der Waals surface area contributed by atoms with Crippen LogP contribution in [-0.2, 0) is 11.4 Å². The van der Waals surface area contributed by atoms with Crippen LogP contribution in [0.1, 0.15) is 18.9 Å². The Bertz CT molecular complexity index is 322. The van der Waals surface area contributed by atoms with Gasteiger partial charge in [-0.1, -0.05) is 19.1 Å². The Labute approximate surface area is 89.1 Å². The van der Waals surface area contributed by atoms with Gasteiger partial charge in [-0.15, -0.1) is 0 Å². The normalized spacial score (nSPS) is 12.2. The minimum absolute atomic E-state index is 0.00268. The highest BCUT2D eigenvalue weighted by molar-refractivity contribution is 5.94. The smallest absolute Gasteiger partial charge is 0.241 e. The van der Waals surface area contributed by atoms with Gasteiger partial charge in [-0.05, 0) is 24.1 Å². The van der Waals surface area contributed by atoms with E-state index < -0.39 is 6.04 Å². The van der Waals surface area contributed by atoms with Gasteiger partial charge in [0.05, 0.1) is 12.6 Å². The number of nitrogens with one attached hydrogen (secondary N) is 1. The van der Waals surface area contributed by atoms with Gasteiger partial charge in [0.15, 0.2) is 0 Å². The molecule has 0 fully saturated rings. The van der Waals surface area contributed by atoms with Crippen molar-refractivity contribution >= 4 is 11.6 Å². The molecular weight excluding hydrogens is 192 g/mol. The molecule has 4 heteroatoms. The van der Waals surface area contributed by atoms with Crippen LogP contribution in [-0.4, -0.2) is 17.1 Å². The second kappa shape index (κ2) is 5.48. The van der Waals surface area contributed by atoms with E-state index in [1.54, 1.807) is 24.3 Å². The number of aliphatic hydroxyl groups is 1. The van der Waals surface area contributed by atoms with Crippen LogP contribution in [0, 0.1) is 0 Å².